The van der Waals surface area contributed by atoms with E-state index in [0.717, 1.165) is 18.8 Å². The van der Waals surface area contributed by atoms with Gasteiger partial charge < -0.3 is 9.08 Å². The maximum absolute atomic E-state index is 12.7. The second kappa shape index (κ2) is 8.89. The van der Waals surface area contributed by atoms with Crippen molar-refractivity contribution in [1.29, 1.82) is 5.26 Å². The highest BCUT2D eigenvalue weighted by Gasteiger charge is 2.24. The molecule has 2 rings (SSSR count). The first kappa shape index (κ1) is 20.7. The molecule has 0 bridgehead atoms. The van der Waals surface area contributed by atoms with Gasteiger partial charge in [0.15, 0.2) is 5.75 Å². The van der Waals surface area contributed by atoms with Crippen LogP contribution in [0.5, 0.6) is 5.75 Å². The average molecular weight is 388 g/mol. The fourth-order valence-corrected chi connectivity index (χ4v) is 3.79. The third kappa shape index (κ3) is 4.79. The summed E-state index contributed by atoms with van der Waals surface area (Å²) < 4.78 is 30.9. The lowest BCUT2D eigenvalue weighted by Gasteiger charge is -2.25. The molecule has 6 nitrogen and oxygen atoms in total. The molecule has 2 aromatic carbocycles. The first-order chi connectivity index (χ1) is 12.8. The van der Waals surface area contributed by atoms with E-state index >= 15 is 0 Å². The quantitative estimate of drug-likeness (QED) is 0.646. The molecule has 7 heteroatoms. The summed E-state index contributed by atoms with van der Waals surface area (Å²) in [7, 11) is -0.475. The summed E-state index contributed by atoms with van der Waals surface area (Å²) in [4.78, 5) is 3.87. The van der Waals surface area contributed by atoms with Gasteiger partial charge >= 0.3 is 10.1 Å². The fourth-order valence-electron chi connectivity index (χ4n) is 2.82. The zero-order valence-electron chi connectivity index (χ0n) is 16.1. The molecular weight excluding hydrogens is 362 g/mol. The molecule has 144 valence electrons. The van der Waals surface area contributed by atoms with Crippen molar-refractivity contribution in [2.75, 3.05) is 32.1 Å². The number of nitrogens with zero attached hydrogens (tertiary/aromatic N) is 3. The molecule has 0 fully saturated rings. The van der Waals surface area contributed by atoms with Gasteiger partial charge in [0, 0.05) is 30.4 Å². The van der Waals surface area contributed by atoms with Gasteiger partial charge in [0.25, 0.3) is 0 Å². The first-order valence-corrected chi connectivity index (χ1v) is 10.2. The summed E-state index contributed by atoms with van der Waals surface area (Å²) in [6.45, 7) is 5.60. The van der Waals surface area contributed by atoms with Gasteiger partial charge in [-0.2, -0.15) is 13.7 Å². The van der Waals surface area contributed by atoms with E-state index in [1.54, 1.807) is 49.3 Å². The number of nitriles is 1. The van der Waals surface area contributed by atoms with E-state index in [2.05, 4.69) is 11.0 Å². The van der Waals surface area contributed by atoms with E-state index in [-0.39, 0.29) is 10.6 Å². The van der Waals surface area contributed by atoms with Gasteiger partial charge in [-0.1, -0.05) is 24.3 Å². The Balaban J connectivity index is 2.56. The minimum atomic E-state index is -4.01. The van der Waals surface area contributed by atoms with Crippen LogP contribution in [0.4, 0.5) is 5.69 Å². The molecule has 0 aliphatic heterocycles. The molecule has 0 aliphatic rings. The van der Waals surface area contributed by atoms with Crippen molar-refractivity contribution in [1.82, 2.24) is 4.90 Å². The summed E-state index contributed by atoms with van der Waals surface area (Å²) in [5.41, 5.74) is 1.36. The molecule has 0 saturated heterocycles. The second-order valence-corrected chi connectivity index (χ2v) is 7.79. The zero-order valence-corrected chi connectivity index (χ0v) is 16.9. The Morgan fingerprint density at radius 2 is 1.70 bits per heavy atom. The van der Waals surface area contributed by atoms with Crippen LogP contribution in [0.15, 0.2) is 53.4 Å². The molecule has 0 radical (unpaired) electrons. The lowest BCUT2D eigenvalue weighted by molar-refractivity contribution is 0.352. The number of rotatable bonds is 8. The second-order valence-electron chi connectivity index (χ2n) is 6.24. The summed E-state index contributed by atoms with van der Waals surface area (Å²) >= 11 is 0. The van der Waals surface area contributed by atoms with Crippen LogP contribution in [0.25, 0.3) is 0 Å². The molecule has 0 heterocycles. The summed E-state index contributed by atoms with van der Waals surface area (Å²) in [5.74, 6) is 0.170. The van der Waals surface area contributed by atoms with E-state index in [1.165, 1.54) is 12.1 Å². The van der Waals surface area contributed by atoms with Crippen LogP contribution in [0.2, 0.25) is 0 Å². The molecule has 1 unspecified atom stereocenters. The zero-order chi connectivity index (χ0) is 20.0. The molecule has 27 heavy (non-hydrogen) atoms. The topological polar surface area (TPSA) is 73.6 Å². The standard InChI is InChI=1S/C20H25N3O3S/c1-5-23(6-2)16-12-13-18(19(15-21)22(3)4)20(14-16)26-27(24,25)17-10-8-7-9-11-17/h7-14,19H,5-6H2,1-4H3. The molecule has 0 N–H and O–H groups in total. The highest BCUT2D eigenvalue weighted by atomic mass is 32.2. The summed E-state index contributed by atoms with van der Waals surface area (Å²) in [6, 6.07) is 14.9. The van der Waals surface area contributed by atoms with Gasteiger partial charge in [0.1, 0.15) is 10.9 Å². The van der Waals surface area contributed by atoms with Crippen molar-refractivity contribution in [3.05, 3.63) is 54.1 Å². The number of anilines is 1. The molecule has 0 aliphatic carbocycles. The molecule has 0 saturated carbocycles. The van der Waals surface area contributed by atoms with Crippen LogP contribution in [-0.2, 0) is 10.1 Å². The highest BCUT2D eigenvalue weighted by molar-refractivity contribution is 7.87. The van der Waals surface area contributed by atoms with Crippen LogP contribution >= 0.6 is 0 Å². The van der Waals surface area contributed by atoms with Crippen LogP contribution in [-0.4, -0.2) is 40.5 Å². The van der Waals surface area contributed by atoms with Crippen molar-refractivity contribution in [3.63, 3.8) is 0 Å². The van der Waals surface area contributed by atoms with E-state index in [0.29, 0.717) is 5.56 Å². The lowest BCUT2D eigenvalue weighted by atomic mass is 10.0. The van der Waals surface area contributed by atoms with Crippen molar-refractivity contribution in [2.24, 2.45) is 0 Å². The molecule has 0 amide bonds. The van der Waals surface area contributed by atoms with E-state index in [4.69, 9.17) is 4.18 Å². The van der Waals surface area contributed by atoms with Crippen molar-refractivity contribution >= 4 is 15.8 Å². The Bertz CT molecular complexity index is 902. The van der Waals surface area contributed by atoms with Gasteiger partial charge in [-0.25, -0.2) is 0 Å². The van der Waals surface area contributed by atoms with E-state index in [1.807, 2.05) is 19.9 Å². The summed E-state index contributed by atoms with van der Waals surface area (Å²) in [6.07, 6.45) is 0. The molecule has 0 spiro atoms. The minimum absolute atomic E-state index is 0.0718. The summed E-state index contributed by atoms with van der Waals surface area (Å²) in [5, 5.41) is 9.55. The van der Waals surface area contributed by atoms with Crippen molar-refractivity contribution in [3.8, 4) is 11.8 Å². The smallest absolute Gasteiger partial charge is 0.339 e. The molecule has 2 aromatic rings. The van der Waals surface area contributed by atoms with Crippen molar-refractivity contribution < 1.29 is 12.6 Å². The third-order valence-corrected chi connectivity index (χ3v) is 5.54. The van der Waals surface area contributed by atoms with E-state index in [9.17, 15) is 13.7 Å². The predicted octanol–water partition coefficient (Wildman–Crippen LogP) is 3.43. The van der Waals surface area contributed by atoms with Gasteiger partial charge in [0.05, 0.1) is 6.07 Å². The van der Waals surface area contributed by atoms with Crippen LogP contribution in [0.3, 0.4) is 0 Å². The predicted molar refractivity (Wildman–Crippen MR) is 106 cm³/mol. The monoisotopic (exact) mass is 387 g/mol. The molecule has 1 atom stereocenters. The number of hydrogen-bond acceptors (Lipinski definition) is 6. The third-order valence-electron chi connectivity index (χ3n) is 4.29. The van der Waals surface area contributed by atoms with Crippen LogP contribution in [0.1, 0.15) is 25.5 Å². The fraction of sp³-hybridized carbons (Fsp3) is 0.350. The SMILES string of the molecule is CCN(CC)c1ccc(C(C#N)N(C)C)c(OS(=O)(=O)c2ccccc2)c1. The Kier molecular flexibility index (Phi) is 6.83. The first-order valence-electron chi connectivity index (χ1n) is 8.78. The van der Waals surface area contributed by atoms with Crippen LogP contribution < -0.4 is 9.08 Å². The normalized spacial score (nSPS) is 12.4. The Morgan fingerprint density at radius 1 is 1.07 bits per heavy atom. The van der Waals surface area contributed by atoms with Gasteiger partial charge in [0.2, 0.25) is 0 Å². The molecular formula is C20H25N3O3S. The maximum Gasteiger partial charge on any atom is 0.339 e. The Labute approximate surface area is 161 Å². The largest absolute Gasteiger partial charge is 0.378 e. The van der Waals surface area contributed by atoms with Gasteiger partial charge in [-0.3, -0.25) is 4.90 Å². The Morgan fingerprint density at radius 3 is 2.22 bits per heavy atom. The molecule has 0 aromatic heterocycles. The Hall–Kier alpha value is -2.56. The van der Waals surface area contributed by atoms with Crippen molar-refractivity contribution in [2.45, 2.75) is 24.8 Å². The lowest BCUT2D eigenvalue weighted by Crippen LogP contribution is -2.23. The van der Waals surface area contributed by atoms with E-state index < -0.39 is 16.2 Å². The maximum atomic E-state index is 12.7. The minimum Gasteiger partial charge on any atom is -0.378 e. The number of hydrogen-bond donors (Lipinski definition) is 0. The highest BCUT2D eigenvalue weighted by Crippen LogP contribution is 2.34. The van der Waals surface area contributed by atoms with Gasteiger partial charge in [-0.15, -0.1) is 0 Å². The van der Waals surface area contributed by atoms with Gasteiger partial charge in [-0.05, 0) is 46.1 Å². The average Bonchev–Trinajstić information content (AvgIpc) is 2.65. The van der Waals surface area contributed by atoms with Crippen LogP contribution in [0, 0.1) is 11.3 Å². The number of benzene rings is 2.